The van der Waals surface area contributed by atoms with Crippen LogP contribution in [0, 0.1) is 0 Å². The van der Waals surface area contributed by atoms with Crippen LogP contribution in [0.2, 0.25) is 5.02 Å². The number of nitrogens with one attached hydrogen (secondary N) is 1. The largest absolute Gasteiger partial charge is 0.475 e. The van der Waals surface area contributed by atoms with Crippen molar-refractivity contribution in [3.05, 3.63) is 33.9 Å². The first-order valence-electron chi connectivity index (χ1n) is 9.55. The van der Waals surface area contributed by atoms with E-state index in [1.54, 1.807) is 0 Å². The fourth-order valence-electron chi connectivity index (χ4n) is 2.78. The van der Waals surface area contributed by atoms with Crippen molar-refractivity contribution >= 4 is 29.6 Å². The molecular weight excluding hydrogens is 475 g/mol. The summed E-state index contributed by atoms with van der Waals surface area (Å²) in [7, 11) is 0. The lowest BCUT2D eigenvalue weighted by Gasteiger charge is -2.30. The van der Waals surface area contributed by atoms with E-state index in [9.17, 15) is 22.8 Å². The number of ether oxygens (including phenoxy) is 4. The van der Waals surface area contributed by atoms with Crippen molar-refractivity contribution in [2.24, 2.45) is 0 Å². The molecular formula is C20H23ClF3NO8. The van der Waals surface area contributed by atoms with Crippen LogP contribution in [0.1, 0.15) is 31.9 Å². The maximum absolute atomic E-state index is 13.6. The highest BCUT2D eigenvalue weighted by Crippen LogP contribution is 2.42. The summed E-state index contributed by atoms with van der Waals surface area (Å²) in [5.74, 6) is -2.39. The van der Waals surface area contributed by atoms with Crippen LogP contribution in [0.15, 0.2) is 17.7 Å². The lowest BCUT2D eigenvalue weighted by Crippen LogP contribution is -2.41. The third kappa shape index (κ3) is 7.57. The second-order valence-corrected chi connectivity index (χ2v) is 8.22. The van der Waals surface area contributed by atoms with Gasteiger partial charge in [-0.2, -0.15) is 13.2 Å². The minimum Gasteiger partial charge on any atom is -0.475 e. The molecule has 0 spiro atoms. The molecule has 184 valence electrons. The predicted octanol–water partition coefficient (Wildman–Crippen LogP) is 3.32. The molecule has 0 fully saturated rings. The summed E-state index contributed by atoms with van der Waals surface area (Å²) < 4.78 is 60.0. The predicted molar refractivity (Wildman–Crippen MR) is 107 cm³/mol. The molecule has 0 saturated heterocycles. The highest BCUT2D eigenvalue weighted by Gasteiger charge is 2.49. The zero-order valence-electron chi connectivity index (χ0n) is 18.0. The topological polar surface area (TPSA) is 113 Å². The number of benzene rings is 1. The summed E-state index contributed by atoms with van der Waals surface area (Å²) in [6.45, 7) is 3.91. The van der Waals surface area contributed by atoms with E-state index in [1.165, 1.54) is 17.8 Å². The Morgan fingerprint density at radius 3 is 2.48 bits per heavy atom. The Balaban J connectivity index is 2.09. The third-order valence-corrected chi connectivity index (χ3v) is 4.62. The van der Waals surface area contributed by atoms with Crippen LogP contribution in [0.5, 0.6) is 5.75 Å². The van der Waals surface area contributed by atoms with Gasteiger partial charge in [0.25, 0.3) is 0 Å². The number of alkyl halides is 3. The molecule has 0 radical (unpaired) electrons. The van der Waals surface area contributed by atoms with Gasteiger partial charge < -0.3 is 18.9 Å². The van der Waals surface area contributed by atoms with Crippen LogP contribution in [-0.4, -0.2) is 56.0 Å². The lowest BCUT2D eigenvalue weighted by atomic mass is 9.85. The number of hydrogen-bond acceptors (Lipinski definition) is 9. The molecule has 0 bridgehead atoms. The van der Waals surface area contributed by atoms with Crippen molar-refractivity contribution < 1.29 is 51.8 Å². The van der Waals surface area contributed by atoms with Crippen molar-refractivity contribution in [1.29, 1.82) is 0 Å². The van der Waals surface area contributed by atoms with Gasteiger partial charge in [0.1, 0.15) is 12.4 Å². The van der Waals surface area contributed by atoms with E-state index in [-0.39, 0.29) is 24.5 Å². The van der Waals surface area contributed by atoms with Gasteiger partial charge in [0.2, 0.25) is 12.9 Å². The molecule has 1 aromatic rings. The van der Waals surface area contributed by atoms with Gasteiger partial charge in [0.05, 0.1) is 18.8 Å². The molecule has 2 rings (SSSR count). The van der Waals surface area contributed by atoms with Crippen molar-refractivity contribution in [2.45, 2.75) is 38.5 Å². The lowest BCUT2D eigenvalue weighted by molar-refractivity contribution is -0.191. The maximum atomic E-state index is 13.6. The molecule has 0 amide bonds. The molecule has 1 atom stereocenters. The van der Waals surface area contributed by atoms with E-state index in [0.717, 1.165) is 6.08 Å². The molecule has 0 aromatic heterocycles. The summed E-state index contributed by atoms with van der Waals surface area (Å²) in [4.78, 5) is 28.1. The van der Waals surface area contributed by atoms with Crippen molar-refractivity contribution in [3.8, 4) is 5.75 Å². The molecule has 1 aliphatic heterocycles. The quantitative estimate of drug-likeness (QED) is 0.229. The fraction of sp³-hybridized carbons (Fsp3) is 0.500. The van der Waals surface area contributed by atoms with Crippen molar-refractivity contribution in [3.63, 3.8) is 0 Å². The number of carbonyl (C=O) groups excluding carboxylic acids is 2. The Morgan fingerprint density at radius 2 is 1.88 bits per heavy atom. The number of fused-ring (bicyclic) bond motifs is 1. The minimum absolute atomic E-state index is 0.0706. The molecule has 0 aliphatic carbocycles. The number of hydrogen-bond donors (Lipinski definition) is 2. The first kappa shape index (κ1) is 26.9. The van der Waals surface area contributed by atoms with E-state index in [4.69, 9.17) is 26.3 Å². The van der Waals surface area contributed by atoms with Gasteiger partial charge in [0, 0.05) is 10.6 Å². The second-order valence-electron chi connectivity index (χ2n) is 7.82. The average molecular weight is 498 g/mol. The Bertz CT molecular complexity index is 899. The smallest absolute Gasteiger partial charge is 0.430 e. The summed E-state index contributed by atoms with van der Waals surface area (Å²) >= 11 is 6.27. The van der Waals surface area contributed by atoms with Gasteiger partial charge in [-0.15, -0.1) is 0 Å². The number of halogens is 4. The monoisotopic (exact) mass is 497 g/mol. The van der Waals surface area contributed by atoms with Gasteiger partial charge in [-0.25, -0.2) is 9.59 Å². The van der Waals surface area contributed by atoms with E-state index in [2.05, 4.69) is 14.3 Å². The zero-order chi connectivity index (χ0) is 24.8. The molecule has 1 heterocycles. The summed E-state index contributed by atoms with van der Waals surface area (Å²) in [5.41, 5.74) is 0.882. The number of esters is 2. The van der Waals surface area contributed by atoms with Gasteiger partial charge in [-0.3, -0.25) is 10.0 Å². The van der Waals surface area contributed by atoms with Gasteiger partial charge in [-0.1, -0.05) is 38.0 Å². The number of carbonyl (C=O) groups is 2. The average Bonchev–Trinajstić information content (AvgIpc) is 2.70. The Morgan fingerprint density at radius 1 is 1.18 bits per heavy atom. The molecule has 33 heavy (non-hydrogen) atoms. The standard InChI is InChI=1S/C20H23ClF3NO8/c1-19(2,3)13-8-15-11(7-14(13)21)6-12(17(33-15)20(22,23)24)18(27)31-10-30-16(26)9-29-4-5-32-25-28/h6-8,17,25,28H,4-5,9-10H2,1-3H3. The minimum atomic E-state index is -4.92. The Hall–Kier alpha value is -2.38. The van der Waals surface area contributed by atoms with Gasteiger partial charge in [0.15, 0.2) is 0 Å². The van der Waals surface area contributed by atoms with Gasteiger partial charge in [-0.05, 0) is 29.2 Å². The number of rotatable bonds is 9. The normalized spacial score (nSPS) is 15.9. The van der Waals surface area contributed by atoms with Crippen LogP contribution in [-0.2, 0) is 34.1 Å². The van der Waals surface area contributed by atoms with Crippen LogP contribution < -0.4 is 10.4 Å². The molecule has 1 aliphatic rings. The van der Waals surface area contributed by atoms with E-state index < -0.39 is 48.6 Å². The van der Waals surface area contributed by atoms with Crippen LogP contribution in [0.3, 0.4) is 0 Å². The SMILES string of the molecule is CC(C)(C)c1cc2c(cc1Cl)C=C(C(=O)OCOC(=O)COCCONO)C(C(F)(F)F)O2. The summed E-state index contributed by atoms with van der Waals surface area (Å²) in [6.07, 6.45) is -6.51. The Kier molecular flexibility index (Phi) is 9.09. The first-order valence-corrected chi connectivity index (χ1v) is 9.92. The molecule has 0 saturated carbocycles. The van der Waals surface area contributed by atoms with Crippen LogP contribution >= 0.6 is 11.6 Å². The third-order valence-electron chi connectivity index (χ3n) is 4.30. The molecule has 1 aromatic carbocycles. The van der Waals surface area contributed by atoms with E-state index in [1.807, 2.05) is 20.8 Å². The second kappa shape index (κ2) is 11.2. The maximum Gasteiger partial charge on any atom is 0.430 e. The molecule has 2 N–H and O–H groups in total. The fourth-order valence-corrected chi connectivity index (χ4v) is 3.23. The van der Waals surface area contributed by atoms with Crippen molar-refractivity contribution in [2.75, 3.05) is 26.6 Å². The van der Waals surface area contributed by atoms with Crippen LogP contribution in [0.4, 0.5) is 13.2 Å². The Labute approximate surface area is 192 Å². The summed E-state index contributed by atoms with van der Waals surface area (Å²) in [6, 6.07) is 2.82. The zero-order valence-corrected chi connectivity index (χ0v) is 18.7. The first-order chi connectivity index (χ1) is 15.3. The van der Waals surface area contributed by atoms with Crippen molar-refractivity contribution in [1.82, 2.24) is 5.64 Å². The summed E-state index contributed by atoms with van der Waals surface area (Å²) in [5, 5.41) is 8.47. The van der Waals surface area contributed by atoms with E-state index in [0.29, 0.717) is 10.6 Å². The molecule has 1 unspecified atom stereocenters. The van der Waals surface area contributed by atoms with Crippen LogP contribution in [0.25, 0.3) is 6.08 Å². The molecule has 9 nitrogen and oxygen atoms in total. The van der Waals surface area contributed by atoms with Gasteiger partial charge >= 0.3 is 18.1 Å². The molecule has 13 heteroatoms. The highest BCUT2D eigenvalue weighted by atomic mass is 35.5. The van der Waals surface area contributed by atoms with E-state index >= 15 is 0 Å². The highest BCUT2D eigenvalue weighted by molar-refractivity contribution is 6.31.